The van der Waals surface area contributed by atoms with E-state index in [4.69, 9.17) is 5.73 Å². The lowest BCUT2D eigenvalue weighted by Crippen LogP contribution is -2.22. The molecule has 1 aliphatic rings. The van der Waals surface area contributed by atoms with Crippen molar-refractivity contribution in [1.29, 1.82) is 0 Å². The Morgan fingerprint density at radius 1 is 1.28 bits per heavy atom. The van der Waals surface area contributed by atoms with Crippen LogP contribution in [-0.2, 0) is 0 Å². The number of fused-ring (bicyclic) bond motifs is 1. The first-order chi connectivity index (χ1) is 8.65. The predicted octanol–water partition coefficient (Wildman–Crippen LogP) is 2.86. The summed E-state index contributed by atoms with van der Waals surface area (Å²) in [6, 6.07) is 6.37. The van der Waals surface area contributed by atoms with Crippen molar-refractivity contribution in [2.24, 2.45) is 0 Å². The number of nitrogen functional groups attached to an aromatic ring is 1. The first kappa shape index (κ1) is 12.0. The highest BCUT2D eigenvalue weighted by atomic mass is 79.9. The van der Waals surface area contributed by atoms with Gasteiger partial charge in [0, 0.05) is 10.5 Å². The van der Waals surface area contributed by atoms with Gasteiger partial charge in [0.05, 0.1) is 17.1 Å². The third-order valence-electron chi connectivity index (χ3n) is 3.71. The van der Waals surface area contributed by atoms with Gasteiger partial charge in [-0.2, -0.15) is 0 Å². The zero-order valence-corrected chi connectivity index (χ0v) is 11.6. The number of halogens is 1. The smallest absolute Gasteiger partial charge is 0.201 e. The number of imidazole rings is 1. The summed E-state index contributed by atoms with van der Waals surface area (Å²) in [5.41, 5.74) is 8.05. The Balaban J connectivity index is 2.05. The van der Waals surface area contributed by atoms with E-state index in [9.17, 15) is 5.11 Å². The molecular weight excluding hydrogens is 294 g/mol. The highest BCUT2D eigenvalue weighted by molar-refractivity contribution is 9.10. The van der Waals surface area contributed by atoms with Gasteiger partial charge in [-0.15, -0.1) is 0 Å². The molecule has 0 unspecified atom stereocenters. The number of aliphatic hydroxyl groups excluding tert-OH is 1. The van der Waals surface area contributed by atoms with E-state index in [1.54, 1.807) is 0 Å². The van der Waals surface area contributed by atoms with Gasteiger partial charge < -0.3 is 15.4 Å². The molecule has 0 radical (unpaired) electrons. The highest BCUT2D eigenvalue weighted by Gasteiger charge is 2.23. The van der Waals surface area contributed by atoms with Crippen LogP contribution >= 0.6 is 15.9 Å². The van der Waals surface area contributed by atoms with E-state index in [-0.39, 0.29) is 6.10 Å². The van der Waals surface area contributed by atoms with Gasteiger partial charge in [-0.1, -0.05) is 15.9 Å². The second kappa shape index (κ2) is 4.55. The quantitative estimate of drug-likeness (QED) is 0.851. The lowest BCUT2D eigenvalue weighted by atomic mass is 9.93. The SMILES string of the molecule is Nc1nc2ccc(Br)cc2n1C1CCC(O)CC1. The van der Waals surface area contributed by atoms with Crippen molar-refractivity contribution >= 4 is 32.9 Å². The van der Waals surface area contributed by atoms with Crippen LogP contribution in [0.5, 0.6) is 0 Å². The monoisotopic (exact) mass is 309 g/mol. The van der Waals surface area contributed by atoms with Crippen LogP contribution in [0.4, 0.5) is 5.95 Å². The number of nitrogens with two attached hydrogens (primary N) is 1. The molecule has 1 fully saturated rings. The van der Waals surface area contributed by atoms with E-state index in [2.05, 4.69) is 31.5 Å². The molecule has 4 nitrogen and oxygen atoms in total. The molecule has 1 aromatic heterocycles. The van der Waals surface area contributed by atoms with Gasteiger partial charge in [0.1, 0.15) is 0 Å². The van der Waals surface area contributed by atoms with Crippen molar-refractivity contribution in [2.45, 2.75) is 37.8 Å². The molecule has 3 rings (SSSR count). The number of hydrogen-bond acceptors (Lipinski definition) is 3. The number of rotatable bonds is 1. The van der Waals surface area contributed by atoms with Gasteiger partial charge in [0.15, 0.2) is 0 Å². The van der Waals surface area contributed by atoms with E-state index in [0.717, 1.165) is 41.2 Å². The van der Waals surface area contributed by atoms with Gasteiger partial charge in [-0.25, -0.2) is 4.98 Å². The van der Waals surface area contributed by atoms with Gasteiger partial charge >= 0.3 is 0 Å². The maximum Gasteiger partial charge on any atom is 0.201 e. The molecule has 2 aromatic rings. The van der Waals surface area contributed by atoms with Gasteiger partial charge in [0.2, 0.25) is 5.95 Å². The van der Waals surface area contributed by atoms with Crippen LogP contribution < -0.4 is 5.73 Å². The summed E-state index contributed by atoms with van der Waals surface area (Å²) in [5, 5.41) is 9.59. The second-order valence-corrected chi connectivity index (χ2v) is 5.85. The van der Waals surface area contributed by atoms with Gasteiger partial charge in [0.25, 0.3) is 0 Å². The van der Waals surface area contributed by atoms with E-state index < -0.39 is 0 Å². The van der Waals surface area contributed by atoms with Crippen molar-refractivity contribution in [3.63, 3.8) is 0 Å². The molecule has 0 atom stereocenters. The standard InChI is InChI=1S/C13H16BrN3O/c14-8-1-6-11-12(7-8)17(13(15)16-11)9-2-4-10(18)5-3-9/h1,6-7,9-10,18H,2-5H2,(H2,15,16). The van der Waals surface area contributed by atoms with Crippen LogP contribution in [0.2, 0.25) is 0 Å². The average molecular weight is 310 g/mol. The fraction of sp³-hybridized carbons (Fsp3) is 0.462. The summed E-state index contributed by atoms with van der Waals surface area (Å²) in [6.07, 6.45) is 3.46. The minimum Gasteiger partial charge on any atom is -0.393 e. The topological polar surface area (TPSA) is 64.1 Å². The van der Waals surface area contributed by atoms with Crippen LogP contribution in [0.3, 0.4) is 0 Å². The van der Waals surface area contributed by atoms with Crippen molar-refractivity contribution in [3.05, 3.63) is 22.7 Å². The van der Waals surface area contributed by atoms with Gasteiger partial charge in [-0.3, -0.25) is 0 Å². The van der Waals surface area contributed by atoms with E-state index in [0.29, 0.717) is 12.0 Å². The molecular formula is C13H16BrN3O. The number of aromatic nitrogens is 2. The van der Waals surface area contributed by atoms with Crippen molar-refractivity contribution in [1.82, 2.24) is 9.55 Å². The Bertz CT molecular complexity index is 573. The minimum atomic E-state index is -0.149. The minimum absolute atomic E-state index is 0.149. The Morgan fingerprint density at radius 3 is 2.72 bits per heavy atom. The van der Waals surface area contributed by atoms with Crippen LogP contribution in [0, 0.1) is 0 Å². The van der Waals surface area contributed by atoms with E-state index in [1.807, 2.05) is 12.1 Å². The van der Waals surface area contributed by atoms with Gasteiger partial charge in [-0.05, 0) is 43.9 Å². The molecule has 0 spiro atoms. The zero-order valence-electron chi connectivity index (χ0n) is 10.0. The van der Waals surface area contributed by atoms with E-state index in [1.165, 1.54) is 0 Å². The number of benzene rings is 1. The summed E-state index contributed by atoms with van der Waals surface area (Å²) < 4.78 is 3.15. The number of aliphatic hydroxyl groups is 1. The third kappa shape index (κ3) is 2.01. The maximum absolute atomic E-state index is 9.59. The summed E-state index contributed by atoms with van der Waals surface area (Å²) >= 11 is 3.49. The molecule has 1 aromatic carbocycles. The molecule has 1 saturated carbocycles. The highest BCUT2D eigenvalue weighted by Crippen LogP contribution is 2.34. The summed E-state index contributed by atoms with van der Waals surface area (Å²) in [7, 11) is 0. The lowest BCUT2D eigenvalue weighted by Gasteiger charge is -2.27. The molecule has 1 aliphatic carbocycles. The van der Waals surface area contributed by atoms with Crippen LogP contribution in [-0.4, -0.2) is 20.8 Å². The average Bonchev–Trinajstić information content (AvgIpc) is 2.66. The first-order valence-electron chi connectivity index (χ1n) is 6.26. The molecule has 0 amide bonds. The molecule has 1 heterocycles. The Labute approximate surface area is 114 Å². The third-order valence-corrected chi connectivity index (χ3v) is 4.20. The molecule has 0 saturated heterocycles. The molecule has 96 valence electrons. The lowest BCUT2D eigenvalue weighted by molar-refractivity contribution is 0.112. The second-order valence-electron chi connectivity index (χ2n) is 4.94. The number of nitrogens with zero attached hydrogens (tertiary/aromatic N) is 2. The van der Waals surface area contributed by atoms with Crippen LogP contribution in [0.15, 0.2) is 22.7 Å². The molecule has 0 aliphatic heterocycles. The Morgan fingerprint density at radius 2 is 2.00 bits per heavy atom. The largest absolute Gasteiger partial charge is 0.393 e. The number of anilines is 1. The normalized spacial score (nSPS) is 24.6. The fourth-order valence-corrected chi connectivity index (χ4v) is 3.13. The van der Waals surface area contributed by atoms with Crippen molar-refractivity contribution in [3.8, 4) is 0 Å². The van der Waals surface area contributed by atoms with Crippen molar-refractivity contribution < 1.29 is 5.11 Å². The number of hydrogen-bond donors (Lipinski definition) is 2. The Hall–Kier alpha value is -1.07. The predicted molar refractivity (Wildman–Crippen MR) is 75.4 cm³/mol. The summed E-state index contributed by atoms with van der Waals surface area (Å²) in [5.74, 6) is 0.574. The molecule has 5 heteroatoms. The first-order valence-corrected chi connectivity index (χ1v) is 7.05. The molecule has 0 bridgehead atoms. The van der Waals surface area contributed by atoms with Crippen LogP contribution in [0.1, 0.15) is 31.7 Å². The van der Waals surface area contributed by atoms with Crippen LogP contribution in [0.25, 0.3) is 11.0 Å². The molecule has 3 N–H and O–H groups in total. The van der Waals surface area contributed by atoms with E-state index >= 15 is 0 Å². The fourth-order valence-electron chi connectivity index (χ4n) is 2.78. The zero-order chi connectivity index (χ0) is 12.7. The van der Waals surface area contributed by atoms with Crippen molar-refractivity contribution in [2.75, 3.05) is 5.73 Å². The summed E-state index contributed by atoms with van der Waals surface area (Å²) in [4.78, 5) is 4.41. The molecule has 18 heavy (non-hydrogen) atoms. The summed E-state index contributed by atoms with van der Waals surface area (Å²) in [6.45, 7) is 0. The maximum atomic E-state index is 9.59. The Kier molecular flexibility index (Phi) is 3.03.